The fourth-order valence-electron chi connectivity index (χ4n) is 1.70. The van der Waals surface area contributed by atoms with E-state index in [4.69, 9.17) is 5.73 Å². The minimum absolute atomic E-state index is 0.188. The molecule has 0 saturated carbocycles. The quantitative estimate of drug-likeness (QED) is 0.623. The Kier molecular flexibility index (Phi) is 4.18. The van der Waals surface area contributed by atoms with Gasteiger partial charge in [-0.15, -0.1) is 0 Å². The summed E-state index contributed by atoms with van der Waals surface area (Å²) >= 11 is 0. The smallest absolute Gasteiger partial charge is 0.217 e. The van der Waals surface area contributed by atoms with E-state index in [2.05, 4.69) is 17.3 Å². The summed E-state index contributed by atoms with van der Waals surface area (Å²) in [6.07, 6.45) is 2.49. The molecule has 1 rings (SSSR count). The van der Waals surface area contributed by atoms with E-state index in [0.717, 1.165) is 32.5 Å². The van der Waals surface area contributed by atoms with Crippen LogP contribution in [0.15, 0.2) is 0 Å². The molecule has 0 spiro atoms. The van der Waals surface area contributed by atoms with E-state index < -0.39 is 0 Å². The van der Waals surface area contributed by atoms with Gasteiger partial charge in [-0.1, -0.05) is 0 Å². The number of likely N-dealkylation sites (N-methyl/N-ethyl adjacent to an activating group) is 1. The van der Waals surface area contributed by atoms with E-state index in [1.54, 1.807) is 0 Å². The predicted octanol–water partition coefficient (Wildman–Crippen LogP) is -0.454. The minimum atomic E-state index is -0.188. The highest BCUT2D eigenvalue weighted by molar-refractivity contribution is 5.73. The van der Waals surface area contributed by atoms with Gasteiger partial charge in [-0.3, -0.25) is 4.79 Å². The Morgan fingerprint density at radius 3 is 3.08 bits per heavy atom. The van der Waals surface area contributed by atoms with Crippen molar-refractivity contribution in [3.63, 3.8) is 0 Å². The molecule has 0 aromatic carbocycles. The van der Waals surface area contributed by atoms with Crippen molar-refractivity contribution in [2.24, 2.45) is 5.73 Å². The van der Waals surface area contributed by atoms with Gasteiger partial charge in [0.1, 0.15) is 0 Å². The number of nitrogens with one attached hydrogen (secondary N) is 1. The van der Waals surface area contributed by atoms with E-state index in [-0.39, 0.29) is 5.91 Å². The molecule has 1 atom stereocenters. The summed E-state index contributed by atoms with van der Waals surface area (Å²) in [7, 11) is 2.13. The number of hydrogen-bond donors (Lipinski definition) is 2. The highest BCUT2D eigenvalue weighted by Crippen LogP contribution is 2.08. The summed E-state index contributed by atoms with van der Waals surface area (Å²) in [5.74, 6) is -0.188. The van der Waals surface area contributed by atoms with Crippen molar-refractivity contribution in [2.75, 3.05) is 26.7 Å². The third-order valence-corrected chi connectivity index (χ3v) is 2.61. The molecule has 0 aliphatic carbocycles. The summed E-state index contributed by atoms with van der Waals surface area (Å²) in [5.41, 5.74) is 5.07. The van der Waals surface area contributed by atoms with Crippen molar-refractivity contribution in [2.45, 2.75) is 25.3 Å². The number of primary amides is 1. The first-order valence-electron chi connectivity index (χ1n) is 4.89. The SMILES string of the molecule is CN1CCNCC1CCCC(N)=O. The monoisotopic (exact) mass is 185 g/mol. The van der Waals surface area contributed by atoms with Crippen LogP contribution < -0.4 is 11.1 Å². The molecule has 1 amide bonds. The van der Waals surface area contributed by atoms with Crippen LogP contribution in [0.5, 0.6) is 0 Å². The molecule has 1 fully saturated rings. The molecule has 0 radical (unpaired) electrons. The molecule has 13 heavy (non-hydrogen) atoms. The van der Waals surface area contributed by atoms with Crippen molar-refractivity contribution in [3.05, 3.63) is 0 Å². The van der Waals surface area contributed by atoms with Crippen molar-refractivity contribution < 1.29 is 4.79 Å². The first kappa shape index (κ1) is 10.5. The molecular formula is C9H19N3O. The predicted molar refractivity (Wildman–Crippen MR) is 52.3 cm³/mol. The fourth-order valence-corrected chi connectivity index (χ4v) is 1.70. The Balaban J connectivity index is 2.15. The van der Waals surface area contributed by atoms with Gasteiger partial charge in [0.15, 0.2) is 0 Å². The molecular weight excluding hydrogens is 166 g/mol. The maximum absolute atomic E-state index is 10.5. The van der Waals surface area contributed by atoms with Crippen LogP contribution in [-0.4, -0.2) is 43.5 Å². The normalized spacial score (nSPS) is 24.5. The summed E-state index contributed by atoms with van der Waals surface area (Å²) in [6, 6.07) is 0.577. The van der Waals surface area contributed by atoms with E-state index in [9.17, 15) is 4.79 Å². The highest BCUT2D eigenvalue weighted by Gasteiger charge is 2.17. The third kappa shape index (κ3) is 3.74. The zero-order chi connectivity index (χ0) is 9.68. The molecule has 4 nitrogen and oxygen atoms in total. The van der Waals surface area contributed by atoms with Crippen molar-refractivity contribution in [3.8, 4) is 0 Å². The molecule has 1 aliphatic rings. The molecule has 1 unspecified atom stereocenters. The summed E-state index contributed by atoms with van der Waals surface area (Å²) in [4.78, 5) is 12.9. The van der Waals surface area contributed by atoms with Crippen molar-refractivity contribution >= 4 is 5.91 Å². The van der Waals surface area contributed by atoms with Gasteiger partial charge in [-0.05, 0) is 19.9 Å². The Labute approximate surface area is 79.5 Å². The lowest BCUT2D eigenvalue weighted by atomic mass is 10.1. The average molecular weight is 185 g/mol. The molecule has 4 heteroatoms. The van der Waals surface area contributed by atoms with Gasteiger partial charge in [-0.25, -0.2) is 0 Å². The first-order valence-corrected chi connectivity index (χ1v) is 4.89. The van der Waals surface area contributed by atoms with E-state index >= 15 is 0 Å². The fraction of sp³-hybridized carbons (Fsp3) is 0.889. The van der Waals surface area contributed by atoms with Crippen LogP contribution >= 0.6 is 0 Å². The number of carbonyl (C=O) groups excluding carboxylic acids is 1. The second-order valence-electron chi connectivity index (χ2n) is 3.70. The number of nitrogens with zero attached hydrogens (tertiary/aromatic N) is 1. The van der Waals surface area contributed by atoms with E-state index in [1.807, 2.05) is 0 Å². The largest absolute Gasteiger partial charge is 0.370 e. The summed E-state index contributed by atoms with van der Waals surface area (Å²) < 4.78 is 0. The Bertz CT molecular complexity index is 172. The summed E-state index contributed by atoms with van der Waals surface area (Å²) in [5, 5.41) is 3.35. The maximum Gasteiger partial charge on any atom is 0.217 e. The number of amides is 1. The summed E-state index contributed by atoms with van der Waals surface area (Å²) in [6.45, 7) is 3.21. The lowest BCUT2D eigenvalue weighted by molar-refractivity contribution is -0.118. The first-order chi connectivity index (χ1) is 6.20. The molecule has 3 N–H and O–H groups in total. The van der Waals surface area contributed by atoms with Crippen LogP contribution in [0, 0.1) is 0 Å². The number of piperazine rings is 1. The Morgan fingerprint density at radius 2 is 2.46 bits per heavy atom. The highest BCUT2D eigenvalue weighted by atomic mass is 16.1. The number of nitrogens with two attached hydrogens (primary N) is 1. The van der Waals surface area contributed by atoms with Gasteiger partial charge in [0.25, 0.3) is 0 Å². The number of hydrogen-bond acceptors (Lipinski definition) is 3. The van der Waals surface area contributed by atoms with Crippen molar-refractivity contribution in [1.29, 1.82) is 0 Å². The van der Waals surface area contributed by atoms with Gasteiger partial charge in [0, 0.05) is 32.1 Å². The average Bonchev–Trinajstić information content (AvgIpc) is 2.08. The molecule has 1 heterocycles. The lowest BCUT2D eigenvalue weighted by Crippen LogP contribution is -2.49. The molecule has 0 bridgehead atoms. The zero-order valence-corrected chi connectivity index (χ0v) is 8.25. The van der Waals surface area contributed by atoms with Crippen LogP contribution in [0.3, 0.4) is 0 Å². The number of carbonyl (C=O) groups is 1. The van der Waals surface area contributed by atoms with E-state index in [1.165, 1.54) is 0 Å². The third-order valence-electron chi connectivity index (χ3n) is 2.61. The second-order valence-corrected chi connectivity index (χ2v) is 3.70. The molecule has 0 aromatic rings. The zero-order valence-electron chi connectivity index (χ0n) is 8.25. The van der Waals surface area contributed by atoms with Crippen LogP contribution in [0.2, 0.25) is 0 Å². The van der Waals surface area contributed by atoms with Gasteiger partial charge in [0.2, 0.25) is 5.91 Å². The van der Waals surface area contributed by atoms with Crippen LogP contribution in [0.1, 0.15) is 19.3 Å². The van der Waals surface area contributed by atoms with Crippen LogP contribution in [-0.2, 0) is 4.79 Å². The minimum Gasteiger partial charge on any atom is -0.370 e. The van der Waals surface area contributed by atoms with Crippen LogP contribution in [0.4, 0.5) is 0 Å². The number of rotatable bonds is 4. The van der Waals surface area contributed by atoms with Crippen molar-refractivity contribution in [1.82, 2.24) is 10.2 Å². The van der Waals surface area contributed by atoms with E-state index in [0.29, 0.717) is 12.5 Å². The standard InChI is InChI=1S/C9H19N3O/c1-12-6-5-11-7-8(12)3-2-4-9(10)13/h8,11H,2-7H2,1H3,(H2,10,13). The topological polar surface area (TPSA) is 58.4 Å². The molecule has 1 aliphatic heterocycles. The Morgan fingerprint density at radius 1 is 1.69 bits per heavy atom. The van der Waals surface area contributed by atoms with Gasteiger partial charge in [0.05, 0.1) is 0 Å². The maximum atomic E-state index is 10.5. The van der Waals surface area contributed by atoms with Gasteiger partial charge >= 0.3 is 0 Å². The van der Waals surface area contributed by atoms with Gasteiger partial charge in [-0.2, -0.15) is 0 Å². The molecule has 1 saturated heterocycles. The van der Waals surface area contributed by atoms with Gasteiger partial charge < -0.3 is 16.0 Å². The molecule has 0 aromatic heterocycles. The van der Waals surface area contributed by atoms with Crippen LogP contribution in [0.25, 0.3) is 0 Å². The lowest BCUT2D eigenvalue weighted by Gasteiger charge is -2.33. The Hall–Kier alpha value is -0.610. The molecule has 76 valence electrons. The second kappa shape index (κ2) is 5.19.